The summed E-state index contributed by atoms with van der Waals surface area (Å²) in [5.74, 6) is 1.78. The number of hydrogen-bond donors (Lipinski definition) is 2. The van der Waals surface area contributed by atoms with Gasteiger partial charge in [0.25, 0.3) is 0 Å². The van der Waals surface area contributed by atoms with Crippen molar-refractivity contribution in [2.45, 2.75) is 20.3 Å². The predicted molar refractivity (Wildman–Crippen MR) is 71.3 cm³/mol. The first-order valence-electron chi connectivity index (χ1n) is 5.94. The molecule has 0 bridgehead atoms. The van der Waals surface area contributed by atoms with Crippen molar-refractivity contribution >= 4 is 5.82 Å². The number of aromatic nitrogens is 3. The van der Waals surface area contributed by atoms with Gasteiger partial charge < -0.3 is 10.5 Å². The first-order chi connectivity index (χ1) is 8.63. The summed E-state index contributed by atoms with van der Waals surface area (Å²) in [6.07, 6.45) is 4.29. The van der Waals surface area contributed by atoms with E-state index >= 15 is 0 Å². The third-order valence-corrected chi connectivity index (χ3v) is 2.79. The minimum absolute atomic E-state index is 0.511. The summed E-state index contributed by atoms with van der Waals surface area (Å²) < 4.78 is 5.32. The van der Waals surface area contributed by atoms with Crippen molar-refractivity contribution in [1.82, 2.24) is 15.2 Å². The molecule has 0 fully saturated rings. The summed E-state index contributed by atoms with van der Waals surface area (Å²) in [5, 5.41) is 7.09. The Hall–Kier alpha value is -2.04. The van der Waals surface area contributed by atoms with Crippen LogP contribution in [0.3, 0.4) is 0 Å². The second kappa shape index (κ2) is 5.08. The van der Waals surface area contributed by atoms with Crippen molar-refractivity contribution < 1.29 is 4.74 Å². The summed E-state index contributed by atoms with van der Waals surface area (Å²) in [4.78, 5) is 4.05. The normalized spacial score (nSPS) is 10.9. The van der Waals surface area contributed by atoms with Gasteiger partial charge in [0.05, 0.1) is 19.0 Å². The SMILES string of the molecule is COc1cnccc1-c1[nH]nc(N)c1CC(C)C. The number of nitrogens with zero attached hydrogens (tertiary/aromatic N) is 2. The highest BCUT2D eigenvalue weighted by atomic mass is 16.5. The molecule has 0 unspecified atom stereocenters. The van der Waals surface area contributed by atoms with Crippen molar-refractivity contribution in [2.75, 3.05) is 12.8 Å². The van der Waals surface area contributed by atoms with Crippen molar-refractivity contribution in [3.05, 3.63) is 24.0 Å². The van der Waals surface area contributed by atoms with Crippen LogP contribution in [0.5, 0.6) is 5.75 Å². The summed E-state index contributed by atoms with van der Waals surface area (Å²) in [6.45, 7) is 4.31. The Morgan fingerprint density at radius 2 is 2.22 bits per heavy atom. The predicted octanol–water partition coefficient (Wildman–Crippen LogP) is 2.26. The van der Waals surface area contributed by atoms with E-state index in [-0.39, 0.29) is 0 Å². The monoisotopic (exact) mass is 246 g/mol. The second-order valence-electron chi connectivity index (χ2n) is 4.64. The van der Waals surface area contributed by atoms with Gasteiger partial charge in [-0.15, -0.1) is 0 Å². The van der Waals surface area contributed by atoms with Crippen molar-refractivity contribution in [3.63, 3.8) is 0 Å². The number of aromatic amines is 1. The lowest BCUT2D eigenvalue weighted by molar-refractivity contribution is 0.414. The number of rotatable bonds is 4. The maximum atomic E-state index is 5.92. The molecule has 18 heavy (non-hydrogen) atoms. The molecule has 0 amide bonds. The van der Waals surface area contributed by atoms with Gasteiger partial charge in [-0.3, -0.25) is 10.1 Å². The third kappa shape index (κ3) is 2.30. The highest BCUT2D eigenvalue weighted by Gasteiger charge is 2.16. The molecule has 0 radical (unpaired) electrons. The molecule has 0 aliphatic carbocycles. The molecule has 2 heterocycles. The Balaban J connectivity index is 2.50. The molecule has 0 aromatic carbocycles. The van der Waals surface area contributed by atoms with E-state index in [0.717, 1.165) is 23.2 Å². The Bertz CT molecular complexity index is 534. The molecule has 96 valence electrons. The minimum Gasteiger partial charge on any atom is -0.494 e. The quantitative estimate of drug-likeness (QED) is 0.867. The van der Waals surface area contributed by atoms with Crippen molar-refractivity contribution in [3.8, 4) is 17.0 Å². The fourth-order valence-electron chi connectivity index (χ4n) is 1.97. The summed E-state index contributed by atoms with van der Waals surface area (Å²) in [5.41, 5.74) is 8.81. The lowest BCUT2D eigenvalue weighted by Crippen LogP contribution is -1.99. The topological polar surface area (TPSA) is 76.8 Å². The zero-order valence-electron chi connectivity index (χ0n) is 10.9. The van der Waals surface area contributed by atoms with Crippen LogP contribution in [0.1, 0.15) is 19.4 Å². The molecule has 2 rings (SSSR count). The van der Waals surface area contributed by atoms with Crippen molar-refractivity contribution in [1.29, 1.82) is 0 Å². The van der Waals surface area contributed by atoms with E-state index < -0.39 is 0 Å². The van der Waals surface area contributed by atoms with Gasteiger partial charge in [0, 0.05) is 17.3 Å². The molecule has 0 atom stereocenters. The van der Waals surface area contributed by atoms with E-state index in [2.05, 4.69) is 29.0 Å². The minimum atomic E-state index is 0.511. The Labute approximate surface area is 106 Å². The van der Waals surface area contributed by atoms with E-state index in [1.165, 1.54) is 0 Å². The van der Waals surface area contributed by atoms with E-state index in [4.69, 9.17) is 10.5 Å². The lowest BCUT2D eigenvalue weighted by Gasteiger charge is -2.09. The number of nitrogens with one attached hydrogen (secondary N) is 1. The van der Waals surface area contributed by atoms with Crippen LogP contribution in [0.15, 0.2) is 18.5 Å². The zero-order chi connectivity index (χ0) is 13.1. The van der Waals surface area contributed by atoms with Crippen LogP contribution in [0, 0.1) is 5.92 Å². The number of nitrogens with two attached hydrogens (primary N) is 1. The van der Waals surface area contributed by atoms with Crippen LogP contribution in [0.2, 0.25) is 0 Å². The van der Waals surface area contributed by atoms with Gasteiger partial charge in [-0.05, 0) is 18.4 Å². The summed E-state index contributed by atoms with van der Waals surface area (Å²) in [7, 11) is 1.63. The highest BCUT2D eigenvalue weighted by molar-refractivity contribution is 5.72. The Morgan fingerprint density at radius 1 is 1.44 bits per heavy atom. The Kier molecular flexibility index (Phi) is 3.50. The van der Waals surface area contributed by atoms with E-state index in [1.54, 1.807) is 19.5 Å². The van der Waals surface area contributed by atoms with Gasteiger partial charge in [0.1, 0.15) is 11.6 Å². The van der Waals surface area contributed by atoms with E-state index in [9.17, 15) is 0 Å². The first-order valence-corrected chi connectivity index (χ1v) is 5.94. The number of pyridine rings is 1. The maximum absolute atomic E-state index is 5.92. The van der Waals surface area contributed by atoms with Crippen LogP contribution in [-0.2, 0) is 6.42 Å². The largest absolute Gasteiger partial charge is 0.494 e. The molecule has 0 saturated heterocycles. The number of anilines is 1. The fourth-order valence-corrected chi connectivity index (χ4v) is 1.97. The number of nitrogen functional groups attached to an aromatic ring is 1. The molecule has 0 spiro atoms. The number of H-pyrrole nitrogens is 1. The second-order valence-corrected chi connectivity index (χ2v) is 4.64. The fraction of sp³-hybridized carbons (Fsp3) is 0.385. The molecule has 2 aromatic rings. The van der Waals surface area contributed by atoms with Gasteiger partial charge in [-0.25, -0.2) is 0 Å². The number of hydrogen-bond acceptors (Lipinski definition) is 4. The summed E-state index contributed by atoms with van der Waals surface area (Å²) >= 11 is 0. The Morgan fingerprint density at radius 3 is 2.89 bits per heavy atom. The van der Waals surface area contributed by atoms with Gasteiger partial charge in [-0.1, -0.05) is 13.8 Å². The average molecular weight is 246 g/mol. The molecule has 5 heteroatoms. The van der Waals surface area contributed by atoms with Gasteiger partial charge in [0.2, 0.25) is 0 Å². The lowest BCUT2D eigenvalue weighted by atomic mass is 9.99. The van der Waals surface area contributed by atoms with E-state index in [1.807, 2.05) is 6.07 Å². The van der Waals surface area contributed by atoms with Gasteiger partial charge in [0.15, 0.2) is 0 Å². The molecular formula is C13H18N4O. The van der Waals surface area contributed by atoms with Gasteiger partial charge in [-0.2, -0.15) is 5.10 Å². The van der Waals surface area contributed by atoms with E-state index in [0.29, 0.717) is 17.5 Å². The van der Waals surface area contributed by atoms with Crippen LogP contribution >= 0.6 is 0 Å². The maximum Gasteiger partial charge on any atom is 0.149 e. The molecule has 2 aromatic heterocycles. The standard InChI is InChI=1S/C13H18N4O/c1-8(2)6-10-12(16-17-13(10)14)9-4-5-15-7-11(9)18-3/h4-5,7-8H,6H2,1-3H3,(H3,14,16,17). The molecule has 0 aliphatic heterocycles. The molecule has 3 N–H and O–H groups in total. The molecule has 0 aliphatic rings. The van der Waals surface area contributed by atoms with Crippen LogP contribution in [0.25, 0.3) is 11.3 Å². The molecular weight excluding hydrogens is 228 g/mol. The van der Waals surface area contributed by atoms with Crippen molar-refractivity contribution in [2.24, 2.45) is 5.92 Å². The number of ether oxygens (including phenoxy) is 1. The number of methoxy groups -OCH3 is 1. The smallest absolute Gasteiger partial charge is 0.149 e. The van der Waals surface area contributed by atoms with Crippen LogP contribution in [-0.4, -0.2) is 22.3 Å². The molecule has 5 nitrogen and oxygen atoms in total. The van der Waals surface area contributed by atoms with Crippen LogP contribution < -0.4 is 10.5 Å². The van der Waals surface area contributed by atoms with Gasteiger partial charge >= 0.3 is 0 Å². The average Bonchev–Trinajstić information content (AvgIpc) is 2.70. The third-order valence-electron chi connectivity index (χ3n) is 2.79. The zero-order valence-corrected chi connectivity index (χ0v) is 10.9. The summed E-state index contributed by atoms with van der Waals surface area (Å²) in [6, 6.07) is 1.90. The highest BCUT2D eigenvalue weighted by Crippen LogP contribution is 2.33. The first kappa shape index (κ1) is 12.4. The molecule has 0 saturated carbocycles. The van der Waals surface area contributed by atoms with Crippen LogP contribution in [0.4, 0.5) is 5.82 Å².